The van der Waals surface area contributed by atoms with Gasteiger partial charge in [0.25, 0.3) is 0 Å². The van der Waals surface area contributed by atoms with Crippen molar-refractivity contribution in [3.05, 3.63) is 0 Å². The predicted octanol–water partition coefficient (Wildman–Crippen LogP) is 2.33. The Bertz CT molecular complexity index is 168. The molecule has 0 aromatic rings. The van der Waals surface area contributed by atoms with Crippen molar-refractivity contribution in [1.29, 1.82) is 0 Å². The van der Waals surface area contributed by atoms with Gasteiger partial charge in [-0.3, -0.25) is 0 Å². The van der Waals surface area contributed by atoms with Crippen LogP contribution in [0.15, 0.2) is 0 Å². The van der Waals surface area contributed by atoms with E-state index in [1.54, 1.807) is 0 Å². The van der Waals surface area contributed by atoms with E-state index in [9.17, 15) is 0 Å². The Kier molecular flexibility index (Phi) is 3.82. The van der Waals surface area contributed by atoms with E-state index in [0.717, 1.165) is 12.5 Å². The van der Waals surface area contributed by atoms with Crippen molar-refractivity contribution < 1.29 is 4.74 Å². The van der Waals surface area contributed by atoms with Gasteiger partial charge in [-0.15, -0.1) is 0 Å². The number of hydrogen-bond donors (Lipinski definition) is 1. The molecule has 2 atom stereocenters. The molecule has 2 fully saturated rings. The first kappa shape index (κ1) is 10.4. The molecule has 2 aliphatic rings. The number of rotatable bonds is 5. The van der Waals surface area contributed by atoms with E-state index >= 15 is 0 Å². The Balaban J connectivity index is 1.58. The Hall–Kier alpha value is -0.0800. The number of ether oxygens (including phenoxy) is 1. The van der Waals surface area contributed by atoms with Gasteiger partial charge in [-0.05, 0) is 45.1 Å². The summed E-state index contributed by atoms with van der Waals surface area (Å²) in [5, 5.41) is 3.37. The summed E-state index contributed by atoms with van der Waals surface area (Å²) in [6.45, 7) is 1.01. The summed E-state index contributed by atoms with van der Waals surface area (Å²) in [5.41, 5.74) is 0. The van der Waals surface area contributed by atoms with Gasteiger partial charge in [0.1, 0.15) is 0 Å². The van der Waals surface area contributed by atoms with Gasteiger partial charge in [-0.2, -0.15) is 0 Å². The topological polar surface area (TPSA) is 21.3 Å². The SMILES string of the molecule is CNC1CCCC(OCCC2CC2)C1. The van der Waals surface area contributed by atoms with Crippen molar-refractivity contribution in [1.82, 2.24) is 5.32 Å². The third-order valence-corrected chi connectivity index (χ3v) is 3.61. The lowest BCUT2D eigenvalue weighted by atomic mass is 9.93. The van der Waals surface area contributed by atoms with Gasteiger partial charge in [-0.1, -0.05) is 12.8 Å². The molecule has 0 amide bonds. The van der Waals surface area contributed by atoms with Crippen LogP contribution in [-0.2, 0) is 4.74 Å². The fourth-order valence-corrected chi connectivity index (χ4v) is 2.37. The monoisotopic (exact) mass is 197 g/mol. The molecule has 0 bridgehead atoms. The van der Waals surface area contributed by atoms with Crippen LogP contribution in [-0.4, -0.2) is 25.8 Å². The van der Waals surface area contributed by atoms with Crippen LogP contribution < -0.4 is 5.32 Å². The van der Waals surface area contributed by atoms with Crippen LogP contribution in [0.1, 0.15) is 44.9 Å². The average molecular weight is 197 g/mol. The molecule has 0 heterocycles. The van der Waals surface area contributed by atoms with Crippen LogP contribution in [0.5, 0.6) is 0 Å². The molecule has 0 aromatic heterocycles. The van der Waals surface area contributed by atoms with Gasteiger partial charge in [0, 0.05) is 12.6 Å². The second-order valence-corrected chi connectivity index (χ2v) is 4.88. The van der Waals surface area contributed by atoms with Crippen molar-refractivity contribution in [2.75, 3.05) is 13.7 Å². The highest BCUT2D eigenvalue weighted by molar-refractivity contribution is 4.78. The second-order valence-electron chi connectivity index (χ2n) is 4.88. The minimum absolute atomic E-state index is 0.542. The third kappa shape index (κ3) is 3.25. The first-order valence-electron chi connectivity index (χ1n) is 6.17. The van der Waals surface area contributed by atoms with Crippen LogP contribution in [0.2, 0.25) is 0 Å². The zero-order chi connectivity index (χ0) is 9.80. The van der Waals surface area contributed by atoms with Crippen LogP contribution in [0.4, 0.5) is 0 Å². The average Bonchev–Trinajstić information content (AvgIpc) is 3.02. The molecule has 0 aromatic carbocycles. The van der Waals surface area contributed by atoms with Crippen molar-refractivity contribution in [3.63, 3.8) is 0 Å². The van der Waals surface area contributed by atoms with Crippen molar-refractivity contribution in [2.45, 2.75) is 57.1 Å². The maximum Gasteiger partial charge on any atom is 0.0590 e. The molecule has 0 saturated heterocycles. The molecule has 2 unspecified atom stereocenters. The molecular weight excluding hydrogens is 174 g/mol. The maximum atomic E-state index is 5.93. The molecule has 2 heteroatoms. The molecule has 1 N–H and O–H groups in total. The Morgan fingerprint density at radius 2 is 2.07 bits per heavy atom. The molecule has 2 aliphatic carbocycles. The summed E-state index contributed by atoms with van der Waals surface area (Å²) in [5.74, 6) is 1.01. The fourth-order valence-electron chi connectivity index (χ4n) is 2.37. The lowest BCUT2D eigenvalue weighted by Gasteiger charge is -2.28. The van der Waals surface area contributed by atoms with E-state index in [1.165, 1.54) is 44.9 Å². The van der Waals surface area contributed by atoms with Gasteiger partial charge < -0.3 is 10.1 Å². The summed E-state index contributed by atoms with van der Waals surface area (Å²) >= 11 is 0. The maximum absolute atomic E-state index is 5.93. The fraction of sp³-hybridized carbons (Fsp3) is 1.00. The summed E-state index contributed by atoms with van der Waals surface area (Å²) < 4.78 is 5.93. The molecule has 0 spiro atoms. The molecule has 2 rings (SSSR count). The largest absolute Gasteiger partial charge is 0.378 e. The Labute approximate surface area is 87.4 Å². The van der Waals surface area contributed by atoms with Crippen molar-refractivity contribution in [3.8, 4) is 0 Å². The van der Waals surface area contributed by atoms with E-state index < -0.39 is 0 Å². The summed E-state index contributed by atoms with van der Waals surface area (Å²) in [4.78, 5) is 0. The molecular formula is C12H23NO. The van der Waals surface area contributed by atoms with E-state index in [0.29, 0.717) is 12.1 Å². The summed E-state index contributed by atoms with van der Waals surface area (Å²) in [6, 6.07) is 0.703. The van der Waals surface area contributed by atoms with Gasteiger partial charge in [-0.25, -0.2) is 0 Å². The minimum atomic E-state index is 0.542. The van der Waals surface area contributed by atoms with E-state index in [-0.39, 0.29) is 0 Å². The second kappa shape index (κ2) is 5.13. The molecule has 82 valence electrons. The summed E-state index contributed by atoms with van der Waals surface area (Å²) in [6.07, 6.45) is 9.92. The van der Waals surface area contributed by atoms with E-state index in [1.807, 2.05) is 0 Å². The van der Waals surface area contributed by atoms with Crippen LogP contribution in [0.25, 0.3) is 0 Å². The molecule has 2 nitrogen and oxygen atoms in total. The van der Waals surface area contributed by atoms with Crippen molar-refractivity contribution in [2.24, 2.45) is 5.92 Å². The van der Waals surface area contributed by atoms with Crippen LogP contribution in [0.3, 0.4) is 0 Å². The standard InChI is InChI=1S/C12H23NO/c1-13-11-3-2-4-12(9-11)14-8-7-10-5-6-10/h10-13H,2-9H2,1H3. The first-order valence-corrected chi connectivity index (χ1v) is 6.17. The molecule has 14 heavy (non-hydrogen) atoms. The number of hydrogen-bond acceptors (Lipinski definition) is 2. The smallest absolute Gasteiger partial charge is 0.0590 e. The van der Waals surface area contributed by atoms with Crippen LogP contribution in [0, 0.1) is 5.92 Å². The zero-order valence-electron chi connectivity index (χ0n) is 9.30. The Morgan fingerprint density at radius 1 is 1.21 bits per heavy atom. The molecule has 0 radical (unpaired) electrons. The molecule has 2 saturated carbocycles. The summed E-state index contributed by atoms with van der Waals surface area (Å²) in [7, 11) is 2.07. The lowest BCUT2D eigenvalue weighted by molar-refractivity contribution is 0.0174. The van der Waals surface area contributed by atoms with Gasteiger partial charge in [0.05, 0.1) is 6.10 Å². The van der Waals surface area contributed by atoms with Gasteiger partial charge in [0.2, 0.25) is 0 Å². The minimum Gasteiger partial charge on any atom is -0.378 e. The van der Waals surface area contributed by atoms with Crippen molar-refractivity contribution >= 4 is 0 Å². The van der Waals surface area contributed by atoms with Crippen LogP contribution >= 0.6 is 0 Å². The first-order chi connectivity index (χ1) is 6.88. The Morgan fingerprint density at radius 3 is 2.79 bits per heavy atom. The highest BCUT2D eigenvalue weighted by Gasteiger charge is 2.23. The lowest BCUT2D eigenvalue weighted by Crippen LogP contribution is -2.34. The molecule has 0 aliphatic heterocycles. The van der Waals surface area contributed by atoms with E-state index in [2.05, 4.69) is 12.4 Å². The predicted molar refractivity (Wildman–Crippen MR) is 58.4 cm³/mol. The quantitative estimate of drug-likeness (QED) is 0.730. The van der Waals surface area contributed by atoms with Gasteiger partial charge >= 0.3 is 0 Å². The highest BCUT2D eigenvalue weighted by atomic mass is 16.5. The third-order valence-electron chi connectivity index (χ3n) is 3.61. The number of nitrogens with one attached hydrogen (secondary N) is 1. The normalized spacial score (nSPS) is 33.2. The van der Waals surface area contributed by atoms with E-state index in [4.69, 9.17) is 4.74 Å². The highest BCUT2D eigenvalue weighted by Crippen LogP contribution is 2.32. The zero-order valence-corrected chi connectivity index (χ0v) is 9.30. The van der Waals surface area contributed by atoms with Gasteiger partial charge in [0.15, 0.2) is 0 Å².